The second-order valence-corrected chi connectivity index (χ2v) is 3.33. The lowest BCUT2D eigenvalue weighted by molar-refractivity contribution is -0.131. The number of aromatic nitrogens is 2. The number of benzene rings is 1. The molecule has 0 unspecified atom stereocenters. The highest BCUT2D eigenvalue weighted by Crippen LogP contribution is 2.16. The summed E-state index contributed by atoms with van der Waals surface area (Å²) in [4.78, 5) is 21.5. The number of anilines is 1. The zero-order valence-electron chi connectivity index (χ0n) is 8.68. The largest absolute Gasteiger partial charge is 0.478 e. The molecule has 1 heterocycles. The number of amides is 1. The van der Waals surface area contributed by atoms with Crippen molar-refractivity contribution in [1.29, 1.82) is 0 Å². The van der Waals surface area contributed by atoms with Crippen molar-refractivity contribution in [2.45, 2.75) is 0 Å². The van der Waals surface area contributed by atoms with E-state index < -0.39 is 11.9 Å². The van der Waals surface area contributed by atoms with E-state index in [9.17, 15) is 9.59 Å². The van der Waals surface area contributed by atoms with Crippen molar-refractivity contribution < 1.29 is 14.7 Å². The molecule has 6 heteroatoms. The zero-order chi connectivity index (χ0) is 12.3. The number of carbonyl (C=O) groups is 2. The van der Waals surface area contributed by atoms with E-state index >= 15 is 0 Å². The molecule has 3 N–H and O–H groups in total. The molecule has 1 aromatic heterocycles. The Labute approximate surface area is 95.9 Å². The number of hydrogen-bond donors (Lipinski definition) is 3. The lowest BCUT2D eigenvalue weighted by Gasteiger charge is -2.01. The number of nitrogens with one attached hydrogen (secondary N) is 2. The minimum Gasteiger partial charge on any atom is -0.478 e. The monoisotopic (exact) mass is 231 g/mol. The fourth-order valence-corrected chi connectivity index (χ4v) is 1.35. The number of hydrogen-bond acceptors (Lipinski definition) is 3. The molecule has 0 fully saturated rings. The quantitative estimate of drug-likeness (QED) is 0.690. The van der Waals surface area contributed by atoms with Crippen LogP contribution in [0.15, 0.2) is 36.5 Å². The Morgan fingerprint density at radius 1 is 1.35 bits per heavy atom. The number of nitrogens with zero attached hydrogens (tertiary/aromatic N) is 1. The number of aromatic amines is 1. The molecular weight excluding hydrogens is 222 g/mol. The lowest BCUT2D eigenvalue weighted by atomic mass is 10.2. The molecular formula is C11H9N3O3. The maximum absolute atomic E-state index is 11.3. The van der Waals surface area contributed by atoms with Gasteiger partial charge in [-0.15, -0.1) is 0 Å². The van der Waals surface area contributed by atoms with Crippen molar-refractivity contribution in [2.75, 3.05) is 5.32 Å². The van der Waals surface area contributed by atoms with Gasteiger partial charge in [-0.25, -0.2) is 4.79 Å². The third kappa shape index (κ3) is 2.69. The summed E-state index contributed by atoms with van der Waals surface area (Å²) in [5, 5.41) is 18.4. The highest BCUT2D eigenvalue weighted by atomic mass is 16.4. The van der Waals surface area contributed by atoms with Crippen LogP contribution in [-0.2, 0) is 9.59 Å². The van der Waals surface area contributed by atoms with E-state index in [1.54, 1.807) is 24.4 Å². The predicted molar refractivity (Wildman–Crippen MR) is 61.5 cm³/mol. The number of carboxylic acids is 1. The lowest BCUT2D eigenvalue weighted by Crippen LogP contribution is -2.08. The van der Waals surface area contributed by atoms with Crippen LogP contribution in [0, 0.1) is 0 Å². The average molecular weight is 231 g/mol. The van der Waals surface area contributed by atoms with Crippen LogP contribution in [0.25, 0.3) is 10.9 Å². The number of fused-ring (bicyclic) bond motifs is 1. The third-order valence-corrected chi connectivity index (χ3v) is 2.09. The molecule has 6 nitrogen and oxygen atoms in total. The van der Waals surface area contributed by atoms with Gasteiger partial charge in [0.15, 0.2) is 0 Å². The van der Waals surface area contributed by atoms with E-state index in [2.05, 4.69) is 15.5 Å². The van der Waals surface area contributed by atoms with E-state index in [-0.39, 0.29) is 0 Å². The first kappa shape index (κ1) is 10.9. The van der Waals surface area contributed by atoms with E-state index in [0.29, 0.717) is 5.69 Å². The van der Waals surface area contributed by atoms with Gasteiger partial charge in [0.2, 0.25) is 5.91 Å². The molecule has 0 aliphatic rings. The van der Waals surface area contributed by atoms with Crippen molar-refractivity contribution in [3.63, 3.8) is 0 Å². The van der Waals surface area contributed by atoms with Gasteiger partial charge in [0.1, 0.15) is 0 Å². The molecule has 2 rings (SSSR count). The summed E-state index contributed by atoms with van der Waals surface area (Å²) < 4.78 is 0. The first-order valence-electron chi connectivity index (χ1n) is 4.80. The Morgan fingerprint density at radius 2 is 2.18 bits per heavy atom. The molecule has 0 aliphatic carbocycles. The third-order valence-electron chi connectivity index (χ3n) is 2.09. The van der Waals surface area contributed by atoms with Crippen LogP contribution in [0.5, 0.6) is 0 Å². The Hall–Kier alpha value is -2.63. The fourth-order valence-electron chi connectivity index (χ4n) is 1.35. The summed E-state index contributed by atoms with van der Waals surface area (Å²) in [5.41, 5.74) is 1.45. The molecule has 0 bridgehead atoms. The smallest absolute Gasteiger partial charge is 0.328 e. The van der Waals surface area contributed by atoms with Crippen molar-refractivity contribution in [3.8, 4) is 0 Å². The minimum absolute atomic E-state index is 0.491. The Bertz CT molecular complexity index is 601. The Kier molecular flexibility index (Phi) is 2.87. The van der Waals surface area contributed by atoms with Gasteiger partial charge in [0.05, 0.1) is 11.7 Å². The van der Waals surface area contributed by atoms with Crippen LogP contribution in [0.1, 0.15) is 0 Å². The van der Waals surface area contributed by atoms with E-state index in [1.807, 2.05) is 0 Å². The van der Waals surface area contributed by atoms with Crippen molar-refractivity contribution in [2.24, 2.45) is 0 Å². The van der Waals surface area contributed by atoms with Gasteiger partial charge in [-0.3, -0.25) is 9.89 Å². The summed E-state index contributed by atoms with van der Waals surface area (Å²) in [6.45, 7) is 0. The number of H-pyrrole nitrogens is 1. The van der Waals surface area contributed by atoms with Crippen LogP contribution >= 0.6 is 0 Å². The van der Waals surface area contributed by atoms with Gasteiger partial charge in [-0.2, -0.15) is 5.10 Å². The summed E-state index contributed by atoms with van der Waals surface area (Å²) >= 11 is 0. The molecule has 17 heavy (non-hydrogen) atoms. The van der Waals surface area contributed by atoms with Crippen molar-refractivity contribution >= 4 is 28.5 Å². The van der Waals surface area contributed by atoms with Crippen LogP contribution in [0.3, 0.4) is 0 Å². The molecule has 0 aliphatic heterocycles. The average Bonchev–Trinajstić information content (AvgIpc) is 2.73. The Morgan fingerprint density at radius 3 is 2.94 bits per heavy atom. The topological polar surface area (TPSA) is 95.1 Å². The fraction of sp³-hybridized carbons (Fsp3) is 0. The summed E-state index contributed by atoms with van der Waals surface area (Å²) in [6.07, 6.45) is 3.38. The minimum atomic E-state index is -1.16. The molecule has 0 spiro atoms. The van der Waals surface area contributed by atoms with Crippen LogP contribution in [0.4, 0.5) is 5.69 Å². The summed E-state index contributed by atoms with van der Waals surface area (Å²) in [5.74, 6) is -1.65. The highest BCUT2D eigenvalue weighted by molar-refractivity contribution is 6.03. The maximum atomic E-state index is 11.3. The number of aliphatic carboxylic acids is 1. The molecule has 0 atom stereocenters. The van der Waals surface area contributed by atoms with Gasteiger partial charge in [-0.05, 0) is 18.2 Å². The zero-order valence-corrected chi connectivity index (χ0v) is 8.68. The van der Waals surface area contributed by atoms with E-state index in [4.69, 9.17) is 5.11 Å². The molecule has 0 saturated carbocycles. The van der Waals surface area contributed by atoms with Crippen LogP contribution in [-0.4, -0.2) is 27.2 Å². The molecule has 0 radical (unpaired) electrons. The first-order valence-corrected chi connectivity index (χ1v) is 4.80. The molecule has 2 aromatic rings. The standard InChI is InChI=1S/C11H9N3O3/c15-10(3-4-11(16)17)13-8-1-2-9-7(5-8)6-12-14-9/h1-6H,(H,12,14)(H,13,15)(H,16,17)/b4-3-. The predicted octanol–water partition coefficient (Wildman–Crippen LogP) is 1.14. The van der Waals surface area contributed by atoms with Gasteiger partial charge in [0.25, 0.3) is 0 Å². The molecule has 1 amide bonds. The van der Waals surface area contributed by atoms with Crippen LogP contribution < -0.4 is 5.32 Å². The number of rotatable bonds is 3. The Balaban J connectivity index is 2.12. The van der Waals surface area contributed by atoms with Gasteiger partial charge in [0, 0.05) is 23.2 Å². The van der Waals surface area contributed by atoms with Crippen LogP contribution in [0.2, 0.25) is 0 Å². The van der Waals surface area contributed by atoms with E-state index in [0.717, 1.165) is 23.1 Å². The number of carbonyl (C=O) groups excluding carboxylic acids is 1. The van der Waals surface area contributed by atoms with Gasteiger partial charge < -0.3 is 10.4 Å². The first-order chi connectivity index (χ1) is 8.15. The number of carboxylic acid groups (broad SMARTS) is 1. The SMILES string of the molecule is O=C(O)/C=C\C(=O)Nc1ccc2[nH]ncc2c1. The maximum Gasteiger partial charge on any atom is 0.328 e. The second-order valence-electron chi connectivity index (χ2n) is 3.33. The van der Waals surface area contributed by atoms with Crippen molar-refractivity contribution in [1.82, 2.24) is 10.2 Å². The van der Waals surface area contributed by atoms with Gasteiger partial charge >= 0.3 is 5.97 Å². The normalized spacial score (nSPS) is 10.8. The molecule has 0 saturated heterocycles. The summed E-state index contributed by atoms with van der Waals surface area (Å²) in [7, 11) is 0. The van der Waals surface area contributed by atoms with Crippen molar-refractivity contribution in [3.05, 3.63) is 36.5 Å². The summed E-state index contributed by atoms with van der Waals surface area (Å²) in [6, 6.07) is 5.22. The molecule has 86 valence electrons. The molecule has 1 aromatic carbocycles. The second kappa shape index (κ2) is 4.48. The van der Waals surface area contributed by atoms with Gasteiger partial charge in [-0.1, -0.05) is 0 Å². The highest BCUT2D eigenvalue weighted by Gasteiger charge is 2.01. The van der Waals surface area contributed by atoms with E-state index in [1.165, 1.54) is 0 Å².